The molecule has 0 unspecified atom stereocenters. The van der Waals surface area contributed by atoms with Gasteiger partial charge in [-0.2, -0.15) is 5.06 Å². The van der Waals surface area contributed by atoms with Crippen LogP contribution < -0.4 is 15.0 Å². The van der Waals surface area contributed by atoms with Gasteiger partial charge in [0.05, 0.1) is 35.7 Å². The quantitative estimate of drug-likeness (QED) is 0.352. The molecule has 4 heterocycles. The fourth-order valence-corrected chi connectivity index (χ4v) is 4.48. The van der Waals surface area contributed by atoms with Crippen LogP contribution in [0.5, 0.6) is 11.5 Å². The molecular weight excluding hydrogens is 494 g/mol. The maximum atomic E-state index is 6.57. The number of hydroxylamine groups is 2. The summed E-state index contributed by atoms with van der Waals surface area (Å²) in [7, 11) is 3.64. The Labute approximate surface area is 217 Å². The summed E-state index contributed by atoms with van der Waals surface area (Å²) >= 11 is 6.57. The maximum absolute atomic E-state index is 6.57. The lowest BCUT2D eigenvalue weighted by molar-refractivity contribution is -0.133. The van der Waals surface area contributed by atoms with E-state index in [1.54, 1.807) is 25.7 Å². The van der Waals surface area contributed by atoms with Crippen molar-refractivity contribution in [2.45, 2.75) is 0 Å². The minimum atomic E-state index is 0.454. The molecular formula is C25H24ClN9O2. The molecule has 0 radical (unpaired) electrons. The normalized spacial score (nSPS) is 14.4. The highest BCUT2D eigenvalue weighted by atomic mass is 35.5. The predicted molar refractivity (Wildman–Crippen MR) is 141 cm³/mol. The number of nitrogens with one attached hydrogen (secondary N) is 1. The summed E-state index contributed by atoms with van der Waals surface area (Å²) in [5, 5.41) is 5.68. The minimum Gasteiger partial charge on any atom is -0.456 e. The van der Waals surface area contributed by atoms with Crippen LogP contribution in [0.15, 0.2) is 55.2 Å². The average molecular weight is 518 g/mol. The lowest BCUT2D eigenvalue weighted by atomic mass is 10.2. The second-order valence-corrected chi connectivity index (χ2v) is 9.01. The number of fused-ring (bicyclic) bond motifs is 2. The van der Waals surface area contributed by atoms with Crippen LogP contribution in [-0.4, -0.2) is 67.8 Å². The lowest BCUT2D eigenvalue weighted by Gasteiger charge is -2.33. The number of aryl methyl sites for hydroxylation is 1. The molecule has 0 amide bonds. The van der Waals surface area contributed by atoms with E-state index in [1.807, 2.05) is 47.0 Å². The third kappa shape index (κ3) is 4.71. The number of ether oxygens (including phenoxy) is 1. The fourth-order valence-electron chi connectivity index (χ4n) is 4.26. The van der Waals surface area contributed by atoms with Crippen molar-refractivity contribution in [3.8, 4) is 11.5 Å². The first-order valence-electron chi connectivity index (χ1n) is 11.7. The van der Waals surface area contributed by atoms with E-state index < -0.39 is 0 Å². The van der Waals surface area contributed by atoms with Crippen LogP contribution in [-0.2, 0) is 11.9 Å². The Balaban J connectivity index is 1.22. The third-order valence-corrected chi connectivity index (χ3v) is 6.56. The highest BCUT2D eigenvalue weighted by Crippen LogP contribution is 2.34. The highest BCUT2D eigenvalue weighted by molar-refractivity contribution is 6.32. The maximum Gasteiger partial charge on any atom is 0.226 e. The van der Waals surface area contributed by atoms with Crippen LogP contribution in [0.1, 0.15) is 0 Å². The van der Waals surface area contributed by atoms with E-state index in [1.165, 1.54) is 6.33 Å². The van der Waals surface area contributed by atoms with E-state index in [4.69, 9.17) is 26.2 Å². The summed E-state index contributed by atoms with van der Waals surface area (Å²) in [4.78, 5) is 29.8. The molecule has 0 bridgehead atoms. The molecule has 1 aliphatic rings. The first-order chi connectivity index (χ1) is 18.1. The van der Waals surface area contributed by atoms with Gasteiger partial charge in [-0.3, -0.25) is 0 Å². The second kappa shape index (κ2) is 9.77. The molecule has 6 rings (SSSR count). The number of halogens is 1. The van der Waals surface area contributed by atoms with Gasteiger partial charge in [0.1, 0.15) is 28.9 Å². The van der Waals surface area contributed by atoms with E-state index in [2.05, 4.69) is 30.2 Å². The molecule has 0 aliphatic carbocycles. The standard InChI is InChI=1S/C25H24ClN9O2/c1-33-15-30-19-12-17(4-5-21(19)33)37-22-6-3-16(11-18(22)26)31-24-23-20(28-14-29-24)13-27-25(32-23)34-7-9-35(36-2)10-8-34/h3-6,11-15H,7-10H2,1-2H3,(H,28,29,31). The summed E-state index contributed by atoms with van der Waals surface area (Å²) < 4.78 is 7.98. The smallest absolute Gasteiger partial charge is 0.226 e. The summed E-state index contributed by atoms with van der Waals surface area (Å²) in [5.41, 5.74) is 3.90. The van der Waals surface area contributed by atoms with Crippen LogP contribution in [0.4, 0.5) is 17.5 Å². The number of piperazine rings is 1. The van der Waals surface area contributed by atoms with Crippen molar-refractivity contribution in [3.63, 3.8) is 0 Å². The van der Waals surface area contributed by atoms with Crippen molar-refractivity contribution in [3.05, 3.63) is 60.3 Å². The molecule has 3 aromatic heterocycles. The molecule has 1 N–H and O–H groups in total. The number of aromatic nitrogens is 6. The molecule has 11 nitrogen and oxygen atoms in total. The van der Waals surface area contributed by atoms with Gasteiger partial charge < -0.3 is 24.4 Å². The molecule has 0 atom stereocenters. The number of nitrogens with zero attached hydrogens (tertiary/aromatic N) is 8. The van der Waals surface area contributed by atoms with Gasteiger partial charge in [0.2, 0.25) is 5.95 Å². The molecule has 1 aliphatic heterocycles. The van der Waals surface area contributed by atoms with Crippen molar-refractivity contribution in [2.75, 3.05) is 43.5 Å². The Morgan fingerprint density at radius 1 is 0.946 bits per heavy atom. The predicted octanol–water partition coefficient (Wildman–Crippen LogP) is 4.18. The van der Waals surface area contributed by atoms with Gasteiger partial charge >= 0.3 is 0 Å². The Hall–Kier alpha value is -4.06. The molecule has 37 heavy (non-hydrogen) atoms. The van der Waals surface area contributed by atoms with E-state index >= 15 is 0 Å². The first kappa shape index (κ1) is 23.3. The van der Waals surface area contributed by atoms with Crippen LogP contribution in [0.2, 0.25) is 5.02 Å². The molecule has 188 valence electrons. The lowest BCUT2D eigenvalue weighted by Crippen LogP contribution is -2.46. The van der Waals surface area contributed by atoms with E-state index in [9.17, 15) is 0 Å². The van der Waals surface area contributed by atoms with Crippen molar-refractivity contribution < 1.29 is 9.57 Å². The summed E-state index contributed by atoms with van der Waals surface area (Å²) in [6.45, 7) is 3.08. The van der Waals surface area contributed by atoms with Gasteiger partial charge in [0.25, 0.3) is 0 Å². The monoisotopic (exact) mass is 517 g/mol. The Morgan fingerprint density at radius 3 is 2.62 bits per heavy atom. The topological polar surface area (TPSA) is 106 Å². The van der Waals surface area contributed by atoms with E-state index in [-0.39, 0.29) is 0 Å². The summed E-state index contributed by atoms with van der Waals surface area (Å²) in [6.07, 6.45) is 4.97. The number of hydrogen-bond donors (Lipinski definition) is 1. The zero-order chi connectivity index (χ0) is 25.4. The Kier molecular flexibility index (Phi) is 6.16. The molecule has 12 heteroatoms. The number of anilines is 3. The van der Waals surface area contributed by atoms with Crippen LogP contribution in [0.3, 0.4) is 0 Å². The van der Waals surface area contributed by atoms with Crippen molar-refractivity contribution >= 4 is 51.1 Å². The minimum absolute atomic E-state index is 0.454. The Morgan fingerprint density at radius 2 is 1.81 bits per heavy atom. The Bertz CT molecular complexity index is 1580. The zero-order valence-electron chi connectivity index (χ0n) is 20.3. The van der Waals surface area contributed by atoms with Crippen molar-refractivity contribution in [2.24, 2.45) is 7.05 Å². The summed E-state index contributed by atoms with van der Waals surface area (Å²) in [6, 6.07) is 11.2. The number of hydrogen-bond acceptors (Lipinski definition) is 10. The average Bonchev–Trinajstić information content (AvgIpc) is 3.30. The molecule has 5 aromatic rings. The SMILES string of the molecule is CON1CCN(c2ncc3ncnc(Nc4ccc(Oc5ccc6c(c5)ncn6C)c(Cl)c4)c3n2)CC1. The van der Waals surface area contributed by atoms with Gasteiger partial charge in [-0.1, -0.05) is 11.6 Å². The number of imidazole rings is 1. The van der Waals surface area contributed by atoms with Gasteiger partial charge in [-0.05, 0) is 30.3 Å². The first-order valence-corrected chi connectivity index (χ1v) is 12.1. The van der Waals surface area contributed by atoms with Gasteiger partial charge in [-0.25, -0.2) is 24.9 Å². The molecule has 0 saturated carbocycles. The van der Waals surface area contributed by atoms with Crippen LogP contribution >= 0.6 is 11.6 Å². The van der Waals surface area contributed by atoms with Gasteiger partial charge in [-0.15, -0.1) is 0 Å². The zero-order valence-corrected chi connectivity index (χ0v) is 21.1. The van der Waals surface area contributed by atoms with Crippen molar-refractivity contribution in [1.82, 2.24) is 34.6 Å². The summed E-state index contributed by atoms with van der Waals surface area (Å²) in [5.74, 6) is 2.39. The van der Waals surface area contributed by atoms with Crippen LogP contribution in [0, 0.1) is 0 Å². The van der Waals surface area contributed by atoms with E-state index in [0.717, 1.165) is 42.9 Å². The number of rotatable bonds is 6. The van der Waals surface area contributed by atoms with Gasteiger partial charge in [0.15, 0.2) is 5.82 Å². The molecule has 1 fully saturated rings. The fraction of sp³-hybridized carbons (Fsp3) is 0.240. The van der Waals surface area contributed by atoms with Crippen LogP contribution in [0.25, 0.3) is 22.1 Å². The third-order valence-electron chi connectivity index (χ3n) is 6.26. The highest BCUT2D eigenvalue weighted by Gasteiger charge is 2.20. The number of benzene rings is 2. The van der Waals surface area contributed by atoms with Gasteiger partial charge in [0, 0.05) is 45.0 Å². The molecule has 2 aromatic carbocycles. The van der Waals surface area contributed by atoms with Crippen molar-refractivity contribution in [1.29, 1.82) is 0 Å². The molecule has 0 spiro atoms. The molecule has 1 saturated heterocycles. The second-order valence-electron chi connectivity index (χ2n) is 8.60. The van der Waals surface area contributed by atoms with E-state index in [0.29, 0.717) is 39.3 Å². The largest absolute Gasteiger partial charge is 0.456 e.